The molecule has 7 heteroatoms. The minimum absolute atomic E-state index is 0.000619. The molecule has 2 saturated heterocycles. The summed E-state index contributed by atoms with van der Waals surface area (Å²) >= 11 is 0. The van der Waals surface area contributed by atoms with E-state index in [1.807, 2.05) is 25.7 Å². The van der Waals surface area contributed by atoms with Gasteiger partial charge in [-0.15, -0.1) is 0 Å². The largest absolute Gasteiger partial charge is 0.444 e. The lowest BCUT2D eigenvalue weighted by molar-refractivity contribution is -0.124. The number of piperidine rings is 1. The molecule has 0 aromatic carbocycles. The van der Waals surface area contributed by atoms with Crippen molar-refractivity contribution in [3.05, 3.63) is 0 Å². The highest BCUT2D eigenvalue weighted by atomic mass is 28.4. The van der Waals surface area contributed by atoms with Crippen molar-refractivity contribution >= 4 is 20.3 Å². The predicted octanol–water partition coefficient (Wildman–Crippen LogP) is 3.91. The lowest BCUT2D eigenvalue weighted by Gasteiger charge is -2.38. The van der Waals surface area contributed by atoms with Crippen LogP contribution in [0.15, 0.2) is 0 Å². The Morgan fingerprint density at radius 3 is 2.33 bits per heavy atom. The van der Waals surface area contributed by atoms with Gasteiger partial charge < -0.3 is 19.4 Å². The van der Waals surface area contributed by atoms with Crippen LogP contribution in [0.2, 0.25) is 18.1 Å². The monoisotopic (exact) mass is 398 g/mol. The number of nitrogens with one attached hydrogen (secondary N) is 1. The molecule has 2 aliphatic heterocycles. The average molecular weight is 399 g/mol. The summed E-state index contributed by atoms with van der Waals surface area (Å²) in [6.45, 7) is 18.0. The van der Waals surface area contributed by atoms with Gasteiger partial charge in [0.1, 0.15) is 5.60 Å². The fourth-order valence-electron chi connectivity index (χ4n) is 3.62. The average Bonchev–Trinajstić information content (AvgIpc) is 2.87. The van der Waals surface area contributed by atoms with Gasteiger partial charge in [0.15, 0.2) is 8.32 Å². The summed E-state index contributed by atoms with van der Waals surface area (Å²) in [5, 5.41) is 3.01. The summed E-state index contributed by atoms with van der Waals surface area (Å²) in [6, 6.07) is 0.000619. The first-order valence-corrected chi connectivity index (χ1v) is 13.0. The predicted molar refractivity (Wildman–Crippen MR) is 109 cm³/mol. The Labute approximate surface area is 165 Å². The van der Waals surface area contributed by atoms with Crippen molar-refractivity contribution in [3.63, 3.8) is 0 Å². The fraction of sp³-hybridized carbons (Fsp3) is 0.900. The molecule has 2 rings (SSSR count). The molecule has 0 aromatic rings. The van der Waals surface area contributed by atoms with E-state index < -0.39 is 13.9 Å². The Balaban J connectivity index is 2.17. The SMILES string of the molecule is CC(C)(C)OC(=O)N1C[C@H](O[Si](C)(C)C(C)(C)C)C[C@H]1C1CCNC(=O)C1. The highest BCUT2D eigenvalue weighted by Crippen LogP contribution is 2.40. The maximum absolute atomic E-state index is 12.9. The maximum atomic E-state index is 12.9. The van der Waals surface area contributed by atoms with Crippen LogP contribution in [0.25, 0.3) is 0 Å². The summed E-state index contributed by atoms with van der Waals surface area (Å²) in [5.41, 5.74) is -0.538. The van der Waals surface area contributed by atoms with Crippen molar-refractivity contribution in [1.29, 1.82) is 0 Å². The molecular formula is C20H38N2O4Si. The number of rotatable bonds is 3. The van der Waals surface area contributed by atoms with E-state index in [-0.39, 0.29) is 35.1 Å². The molecule has 0 bridgehead atoms. The van der Waals surface area contributed by atoms with Gasteiger partial charge in [-0.25, -0.2) is 4.79 Å². The second-order valence-electron chi connectivity index (χ2n) is 10.5. The molecule has 2 amide bonds. The van der Waals surface area contributed by atoms with Crippen molar-refractivity contribution in [1.82, 2.24) is 10.2 Å². The third-order valence-electron chi connectivity index (χ3n) is 6.03. The van der Waals surface area contributed by atoms with Gasteiger partial charge in [-0.1, -0.05) is 20.8 Å². The summed E-state index contributed by atoms with van der Waals surface area (Å²) in [7, 11) is -1.93. The molecule has 0 saturated carbocycles. The third kappa shape index (κ3) is 5.70. The Kier molecular flexibility index (Phi) is 6.37. The van der Waals surface area contributed by atoms with E-state index in [9.17, 15) is 9.59 Å². The van der Waals surface area contributed by atoms with Crippen molar-refractivity contribution in [2.24, 2.45) is 5.92 Å². The molecule has 3 atom stereocenters. The minimum Gasteiger partial charge on any atom is -0.444 e. The van der Waals surface area contributed by atoms with Crippen LogP contribution in [-0.2, 0) is 14.0 Å². The lowest BCUT2D eigenvalue weighted by Crippen LogP contribution is -2.47. The summed E-state index contributed by atoms with van der Waals surface area (Å²) in [4.78, 5) is 26.6. The minimum atomic E-state index is -1.93. The van der Waals surface area contributed by atoms with Crippen molar-refractivity contribution in [2.45, 2.75) is 96.7 Å². The van der Waals surface area contributed by atoms with Crippen LogP contribution < -0.4 is 5.32 Å². The third-order valence-corrected chi connectivity index (χ3v) is 10.6. The summed E-state index contributed by atoms with van der Waals surface area (Å²) < 4.78 is 12.3. The molecule has 27 heavy (non-hydrogen) atoms. The first-order valence-electron chi connectivity index (χ1n) is 10.1. The van der Waals surface area contributed by atoms with Crippen molar-refractivity contribution in [3.8, 4) is 0 Å². The number of ether oxygens (including phenoxy) is 1. The smallest absolute Gasteiger partial charge is 0.410 e. The number of carbonyl (C=O) groups is 2. The van der Waals surface area contributed by atoms with Gasteiger partial charge in [-0.05, 0) is 57.7 Å². The summed E-state index contributed by atoms with van der Waals surface area (Å²) in [6.07, 6.45) is 1.86. The molecule has 0 spiro atoms. The van der Waals surface area contributed by atoms with E-state index in [0.29, 0.717) is 19.5 Å². The standard InChI is InChI=1S/C20H38N2O4Si/c1-19(2,3)25-18(24)22-13-15(26-27(7,8)20(4,5)6)12-16(22)14-9-10-21-17(23)11-14/h14-16H,9-13H2,1-8H3,(H,21,23)/t14?,15-,16+/m1/s1. The first-order chi connectivity index (χ1) is 12.2. The second kappa shape index (κ2) is 7.74. The van der Waals surface area contributed by atoms with Gasteiger partial charge in [-0.3, -0.25) is 4.79 Å². The Hall–Kier alpha value is -1.08. The number of carbonyl (C=O) groups excluding carboxylic acids is 2. The van der Waals surface area contributed by atoms with Gasteiger partial charge in [0.2, 0.25) is 5.91 Å². The number of hydrogen-bond acceptors (Lipinski definition) is 4. The van der Waals surface area contributed by atoms with Crippen LogP contribution >= 0.6 is 0 Å². The number of amides is 2. The molecule has 0 aromatic heterocycles. The molecule has 1 unspecified atom stereocenters. The fourth-order valence-corrected chi connectivity index (χ4v) is 4.98. The molecule has 2 aliphatic rings. The Morgan fingerprint density at radius 2 is 1.81 bits per heavy atom. The van der Waals surface area contributed by atoms with Crippen LogP contribution in [-0.4, -0.2) is 56.1 Å². The number of likely N-dealkylation sites (tertiary alicyclic amines) is 1. The summed E-state index contributed by atoms with van der Waals surface area (Å²) in [5.74, 6) is 0.239. The van der Waals surface area contributed by atoms with Crippen LogP contribution in [0.1, 0.15) is 60.8 Å². The molecule has 156 valence electrons. The lowest BCUT2D eigenvalue weighted by atomic mass is 9.88. The molecule has 2 heterocycles. The quantitative estimate of drug-likeness (QED) is 0.732. The topological polar surface area (TPSA) is 67.9 Å². The van der Waals surface area contributed by atoms with Crippen molar-refractivity contribution < 1.29 is 18.8 Å². The Bertz CT molecular complexity index is 565. The van der Waals surface area contributed by atoms with E-state index in [2.05, 4.69) is 39.2 Å². The van der Waals surface area contributed by atoms with Crippen LogP contribution in [0.5, 0.6) is 0 Å². The number of hydrogen-bond donors (Lipinski definition) is 1. The van der Waals surface area contributed by atoms with Crippen LogP contribution in [0.4, 0.5) is 4.79 Å². The van der Waals surface area contributed by atoms with E-state index in [1.54, 1.807) is 0 Å². The van der Waals surface area contributed by atoms with E-state index in [4.69, 9.17) is 9.16 Å². The molecule has 1 N–H and O–H groups in total. The maximum Gasteiger partial charge on any atom is 0.410 e. The van der Waals surface area contributed by atoms with Crippen LogP contribution in [0.3, 0.4) is 0 Å². The number of nitrogens with zero attached hydrogens (tertiary/aromatic N) is 1. The van der Waals surface area contributed by atoms with Gasteiger partial charge in [-0.2, -0.15) is 0 Å². The van der Waals surface area contributed by atoms with Crippen LogP contribution in [0, 0.1) is 5.92 Å². The molecule has 2 fully saturated rings. The van der Waals surface area contributed by atoms with Crippen molar-refractivity contribution in [2.75, 3.05) is 13.1 Å². The highest BCUT2D eigenvalue weighted by molar-refractivity contribution is 6.74. The molecule has 0 radical (unpaired) electrons. The van der Waals surface area contributed by atoms with Gasteiger partial charge >= 0.3 is 6.09 Å². The molecule has 6 nitrogen and oxygen atoms in total. The van der Waals surface area contributed by atoms with E-state index in [1.165, 1.54) is 0 Å². The van der Waals surface area contributed by atoms with Gasteiger partial charge in [0.05, 0.1) is 6.10 Å². The second-order valence-corrected chi connectivity index (χ2v) is 15.3. The zero-order chi connectivity index (χ0) is 20.6. The first kappa shape index (κ1) is 22.2. The van der Waals surface area contributed by atoms with E-state index in [0.717, 1.165) is 12.8 Å². The zero-order valence-electron chi connectivity index (χ0n) is 18.3. The molecule has 0 aliphatic carbocycles. The normalized spacial score (nSPS) is 27.5. The van der Waals surface area contributed by atoms with E-state index >= 15 is 0 Å². The molecular weight excluding hydrogens is 360 g/mol. The van der Waals surface area contributed by atoms with Gasteiger partial charge in [0, 0.05) is 25.6 Å². The highest BCUT2D eigenvalue weighted by Gasteiger charge is 2.46. The van der Waals surface area contributed by atoms with Gasteiger partial charge in [0.25, 0.3) is 0 Å². The Morgan fingerprint density at radius 1 is 1.19 bits per heavy atom. The zero-order valence-corrected chi connectivity index (χ0v) is 19.3.